The van der Waals surface area contributed by atoms with Gasteiger partial charge in [0.2, 0.25) is 0 Å². The second-order valence-electron chi connectivity index (χ2n) is 9.56. The normalized spacial score (nSPS) is 19.7. The van der Waals surface area contributed by atoms with Crippen LogP contribution in [0.5, 0.6) is 5.88 Å². The van der Waals surface area contributed by atoms with Gasteiger partial charge in [0.1, 0.15) is 11.8 Å². The van der Waals surface area contributed by atoms with E-state index in [1.54, 1.807) is 11.0 Å². The third-order valence-electron chi connectivity index (χ3n) is 6.99. The predicted octanol–water partition coefficient (Wildman–Crippen LogP) is 4.04. The van der Waals surface area contributed by atoms with Gasteiger partial charge >= 0.3 is 0 Å². The fourth-order valence-corrected chi connectivity index (χ4v) is 4.91. The molecule has 2 aromatic heterocycles. The summed E-state index contributed by atoms with van der Waals surface area (Å²) in [6.07, 6.45) is 0.201. The molecule has 0 spiro atoms. The van der Waals surface area contributed by atoms with Crippen molar-refractivity contribution in [2.24, 2.45) is 0 Å². The van der Waals surface area contributed by atoms with E-state index in [-0.39, 0.29) is 30.4 Å². The molecule has 2 N–H and O–H groups in total. The number of aliphatic hydroxyl groups excluding tert-OH is 1. The molecule has 2 fully saturated rings. The molecule has 0 bridgehead atoms. The maximum absolute atomic E-state index is 15.0. The number of hydrogen-bond acceptors (Lipinski definition) is 6. The molecule has 2 aliphatic rings. The second kappa shape index (κ2) is 10.5. The number of rotatable bonds is 6. The van der Waals surface area contributed by atoms with Crippen LogP contribution in [0.4, 0.5) is 4.39 Å². The molecule has 4 heterocycles. The van der Waals surface area contributed by atoms with E-state index in [0.29, 0.717) is 67.4 Å². The Hall–Kier alpha value is -3.79. The second-order valence-corrected chi connectivity index (χ2v) is 9.56. The standard InChI is InChI=1S/C29H28FN3O5/c30-24-14-25-26(15-27(31-25)38-23-13-22(16-34)37-17-23)32-28(24)20-5-1-18(2-6-20)19-3-7-21(8-4-19)29(35)33-9-11-36-12-10-33/h1-8,14-15,22-23,31,34H,9-13,16-17H2/t22-,23-/m0/s1. The largest absolute Gasteiger partial charge is 0.473 e. The lowest BCUT2D eigenvalue weighted by Crippen LogP contribution is -2.40. The van der Waals surface area contributed by atoms with E-state index >= 15 is 0 Å². The van der Waals surface area contributed by atoms with Crippen LogP contribution in [0.1, 0.15) is 16.8 Å². The Kier molecular flexibility index (Phi) is 6.80. The summed E-state index contributed by atoms with van der Waals surface area (Å²) in [6, 6.07) is 18.2. The van der Waals surface area contributed by atoms with Crippen LogP contribution in [0.15, 0.2) is 60.7 Å². The third-order valence-corrected chi connectivity index (χ3v) is 6.99. The Morgan fingerprint density at radius 2 is 1.74 bits per heavy atom. The van der Waals surface area contributed by atoms with Crippen molar-refractivity contribution in [3.63, 3.8) is 0 Å². The molecule has 0 saturated carbocycles. The van der Waals surface area contributed by atoms with Gasteiger partial charge in [0.05, 0.1) is 43.6 Å². The highest BCUT2D eigenvalue weighted by Gasteiger charge is 2.27. The van der Waals surface area contributed by atoms with Crippen molar-refractivity contribution in [3.05, 3.63) is 72.0 Å². The summed E-state index contributed by atoms with van der Waals surface area (Å²) in [5.74, 6) is 0.0627. The Morgan fingerprint density at radius 3 is 2.42 bits per heavy atom. The zero-order valence-electron chi connectivity index (χ0n) is 20.7. The fraction of sp³-hybridized carbons (Fsp3) is 0.310. The minimum absolute atomic E-state index is 0.0105. The number of ether oxygens (including phenoxy) is 3. The minimum Gasteiger partial charge on any atom is -0.473 e. The van der Waals surface area contributed by atoms with Gasteiger partial charge in [-0.3, -0.25) is 4.79 Å². The summed E-state index contributed by atoms with van der Waals surface area (Å²) in [5, 5.41) is 9.23. The lowest BCUT2D eigenvalue weighted by molar-refractivity contribution is 0.0303. The zero-order chi connectivity index (χ0) is 26.1. The Bertz CT molecular complexity index is 1430. The zero-order valence-corrected chi connectivity index (χ0v) is 20.7. The van der Waals surface area contributed by atoms with Gasteiger partial charge in [-0.25, -0.2) is 9.37 Å². The van der Waals surface area contributed by atoms with Crippen LogP contribution >= 0.6 is 0 Å². The molecule has 196 valence electrons. The van der Waals surface area contributed by atoms with Crippen molar-refractivity contribution in [1.29, 1.82) is 0 Å². The van der Waals surface area contributed by atoms with Crippen molar-refractivity contribution in [3.8, 4) is 28.3 Å². The van der Waals surface area contributed by atoms with Crippen LogP contribution in [-0.2, 0) is 9.47 Å². The van der Waals surface area contributed by atoms with Gasteiger partial charge in [0.25, 0.3) is 5.91 Å². The number of nitrogens with one attached hydrogen (secondary N) is 1. The van der Waals surface area contributed by atoms with E-state index in [9.17, 15) is 14.3 Å². The lowest BCUT2D eigenvalue weighted by atomic mass is 10.0. The highest BCUT2D eigenvalue weighted by Crippen LogP contribution is 2.30. The van der Waals surface area contributed by atoms with Crippen LogP contribution in [0.25, 0.3) is 33.4 Å². The molecule has 8 nitrogen and oxygen atoms in total. The third kappa shape index (κ3) is 5.00. The number of amides is 1. The van der Waals surface area contributed by atoms with Gasteiger partial charge in [-0.2, -0.15) is 0 Å². The molecule has 1 amide bonds. The first-order valence-electron chi connectivity index (χ1n) is 12.7. The van der Waals surface area contributed by atoms with Crippen LogP contribution in [0.2, 0.25) is 0 Å². The molecule has 0 aliphatic carbocycles. The fourth-order valence-electron chi connectivity index (χ4n) is 4.91. The molecule has 4 aromatic rings. The van der Waals surface area contributed by atoms with Crippen LogP contribution < -0.4 is 4.74 Å². The average molecular weight is 518 g/mol. The number of carbonyl (C=O) groups excluding carboxylic acids is 1. The maximum Gasteiger partial charge on any atom is 0.254 e. The number of hydrogen-bond donors (Lipinski definition) is 2. The molecule has 6 rings (SSSR count). The SMILES string of the molecule is O=C(c1ccc(-c2ccc(-c3nc4cc(O[C@@H]5CO[C@H](CO)C5)[nH]c4cc3F)cc2)cc1)N1CCOCC1. The first-order valence-corrected chi connectivity index (χ1v) is 12.7. The van der Waals surface area contributed by atoms with E-state index in [0.717, 1.165) is 11.1 Å². The summed E-state index contributed by atoms with van der Waals surface area (Å²) in [5.41, 5.74) is 4.62. The van der Waals surface area contributed by atoms with Gasteiger partial charge in [0, 0.05) is 42.8 Å². The molecule has 2 aromatic carbocycles. The molecule has 0 unspecified atom stereocenters. The molecule has 38 heavy (non-hydrogen) atoms. The summed E-state index contributed by atoms with van der Waals surface area (Å²) in [7, 11) is 0. The van der Waals surface area contributed by atoms with Gasteiger partial charge in [-0.1, -0.05) is 36.4 Å². The Morgan fingerprint density at radius 1 is 1.05 bits per heavy atom. The molecular weight excluding hydrogens is 489 g/mol. The van der Waals surface area contributed by atoms with Gasteiger partial charge in [0.15, 0.2) is 11.7 Å². The number of morpholine rings is 1. The minimum atomic E-state index is -0.436. The summed E-state index contributed by atoms with van der Waals surface area (Å²) < 4.78 is 31.7. The van der Waals surface area contributed by atoms with E-state index in [2.05, 4.69) is 9.97 Å². The first kappa shape index (κ1) is 24.5. The van der Waals surface area contributed by atoms with Crippen LogP contribution in [0.3, 0.4) is 0 Å². The van der Waals surface area contributed by atoms with Crippen molar-refractivity contribution in [1.82, 2.24) is 14.9 Å². The maximum atomic E-state index is 15.0. The van der Waals surface area contributed by atoms with Crippen LogP contribution in [0, 0.1) is 5.82 Å². The smallest absolute Gasteiger partial charge is 0.254 e. The van der Waals surface area contributed by atoms with E-state index in [4.69, 9.17) is 14.2 Å². The average Bonchev–Trinajstić information content (AvgIpc) is 3.58. The Balaban J connectivity index is 1.17. The molecule has 9 heteroatoms. The van der Waals surface area contributed by atoms with Crippen molar-refractivity contribution in [2.75, 3.05) is 39.5 Å². The molecular formula is C29H28FN3O5. The van der Waals surface area contributed by atoms with Gasteiger partial charge in [-0.05, 0) is 23.3 Å². The number of aromatic amines is 1. The van der Waals surface area contributed by atoms with Crippen LogP contribution in [-0.4, -0.2) is 77.6 Å². The lowest BCUT2D eigenvalue weighted by Gasteiger charge is -2.26. The number of benzene rings is 2. The van der Waals surface area contributed by atoms with E-state index in [1.807, 2.05) is 48.5 Å². The topological polar surface area (TPSA) is 96.9 Å². The number of pyridine rings is 1. The van der Waals surface area contributed by atoms with Gasteiger partial charge < -0.3 is 29.2 Å². The number of aliphatic hydroxyl groups is 1. The Labute approximate surface area is 219 Å². The summed E-state index contributed by atoms with van der Waals surface area (Å²) >= 11 is 0. The number of H-pyrrole nitrogens is 1. The molecule has 0 radical (unpaired) electrons. The van der Waals surface area contributed by atoms with E-state index in [1.165, 1.54) is 6.07 Å². The molecule has 2 atom stereocenters. The molecule has 2 aliphatic heterocycles. The quantitative estimate of drug-likeness (QED) is 0.401. The highest BCUT2D eigenvalue weighted by atomic mass is 19.1. The first-order chi connectivity index (χ1) is 18.6. The van der Waals surface area contributed by atoms with Crippen molar-refractivity contribution in [2.45, 2.75) is 18.6 Å². The summed E-state index contributed by atoms with van der Waals surface area (Å²) in [6.45, 7) is 2.71. The monoisotopic (exact) mass is 517 g/mol. The summed E-state index contributed by atoms with van der Waals surface area (Å²) in [4.78, 5) is 22.1. The van der Waals surface area contributed by atoms with E-state index < -0.39 is 5.82 Å². The number of fused-ring (bicyclic) bond motifs is 1. The highest BCUT2D eigenvalue weighted by molar-refractivity contribution is 5.94. The number of nitrogens with zero attached hydrogens (tertiary/aromatic N) is 2. The number of aromatic nitrogens is 2. The van der Waals surface area contributed by atoms with Crippen molar-refractivity contribution < 1.29 is 28.5 Å². The number of halogens is 1. The predicted molar refractivity (Wildman–Crippen MR) is 140 cm³/mol. The van der Waals surface area contributed by atoms with Gasteiger partial charge in [-0.15, -0.1) is 0 Å². The number of carbonyl (C=O) groups is 1. The van der Waals surface area contributed by atoms with Crippen molar-refractivity contribution >= 4 is 16.9 Å². The molecule has 2 saturated heterocycles.